The summed E-state index contributed by atoms with van der Waals surface area (Å²) in [7, 11) is 0. The molecule has 17 atom stereocenters. The number of carbonyl (C=O) groups is 1. The maximum Gasteiger partial charge on any atom is 0.305 e. The molecule has 10 rings (SSSR count). The van der Waals surface area contributed by atoms with Gasteiger partial charge in [0.05, 0.1) is 6.10 Å². The highest BCUT2D eigenvalue weighted by molar-refractivity contribution is 5.69. The Labute approximate surface area is 267 Å². The average Bonchev–Trinajstić information content (AvgIpc) is 3.38. The molecule has 0 aromatic carbocycles. The highest BCUT2D eigenvalue weighted by Crippen LogP contribution is 2.63. The third-order valence-electron chi connectivity index (χ3n) is 13.9. The van der Waals surface area contributed by atoms with E-state index in [2.05, 4.69) is 27.7 Å². The van der Waals surface area contributed by atoms with Gasteiger partial charge in [-0.3, -0.25) is 4.79 Å². The highest BCUT2D eigenvalue weighted by Gasteiger charge is 2.72. The van der Waals surface area contributed by atoms with Crippen LogP contribution in [0, 0.1) is 47.3 Å². The Hall–Kier alpha value is -0.850. The fraction of sp³-hybridized carbons (Fsp3) is 0.971. The highest BCUT2D eigenvalue weighted by atomic mass is 17.3. The molecule has 4 bridgehead atoms. The van der Waals surface area contributed by atoms with Crippen molar-refractivity contribution in [2.75, 3.05) is 0 Å². The van der Waals surface area contributed by atoms with Crippen molar-refractivity contribution in [1.29, 1.82) is 0 Å². The summed E-state index contributed by atoms with van der Waals surface area (Å²) >= 11 is 0. The molecule has 10 heteroatoms. The van der Waals surface area contributed by atoms with Crippen LogP contribution in [0.3, 0.4) is 0 Å². The number of ether oxygens (including phenoxy) is 5. The maximum absolute atomic E-state index is 13.0. The summed E-state index contributed by atoms with van der Waals surface area (Å²) < 4.78 is 33.6. The van der Waals surface area contributed by atoms with Crippen LogP contribution in [0.1, 0.15) is 113 Å². The van der Waals surface area contributed by atoms with Gasteiger partial charge in [-0.2, -0.15) is 0 Å². The van der Waals surface area contributed by atoms with Crippen molar-refractivity contribution in [3.05, 3.63) is 0 Å². The van der Waals surface area contributed by atoms with Crippen LogP contribution >= 0.6 is 0 Å². The molecule has 254 valence electrons. The second-order valence-electron chi connectivity index (χ2n) is 16.4. The molecule has 3 unspecified atom stereocenters. The Kier molecular flexibility index (Phi) is 7.56. The molecule has 8 heterocycles. The molecule has 45 heavy (non-hydrogen) atoms. The van der Waals surface area contributed by atoms with Crippen LogP contribution in [0.25, 0.3) is 0 Å². The molecule has 2 spiro atoms. The van der Waals surface area contributed by atoms with E-state index in [-0.39, 0.29) is 47.8 Å². The summed E-state index contributed by atoms with van der Waals surface area (Å²) in [6.45, 7) is 14.9. The van der Waals surface area contributed by atoms with Crippen LogP contribution in [0.15, 0.2) is 0 Å². The van der Waals surface area contributed by atoms with Gasteiger partial charge in [-0.15, -0.1) is 0 Å². The summed E-state index contributed by atoms with van der Waals surface area (Å²) in [5.74, 6) is 0.145. The molecular weight excluding hydrogens is 580 g/mol. The van der Waals surface area contributed by atoms with E-state index in [0.717, 1.165) is 51.4 Å². The number of hydrogen-bond donors (Lipinski definition) is 0. The lowest BCUT2D eigenvalue weighted by atomic mass is 9.56. The minimum Gasteiger partial charge on any atom is -0.459 e. The van der Waals surface area contributed by atoms with Crippen molar-refractivity contribution < 1.29 is 48.0 Å². The van der Waals surface area contributed by atoms with Crippen molar-refractivity contribution in [1.82, 2.24) is 0 Å². The predicted molar refractivity (Wildman–Crippen MR) is 158 cm³/mol. The summed E-state index contributed by atoms with van der Waals surface area (Å²) in [5.41, 5.74) is -1.30. The van der Waals surface area contributed by atoms with Gasteiger partial charge in [-0.1, -0.05) is 34.6 Å². The van der Waals surface area contributed by atoms with Gasteiger partial charge < -0.3 is 23.7 Å². The van der Waals surface area contributed by atoms with Gasteiger partial charge >= 0.3 is 5.97 Å². The molecule has 8 aliphatic heterocycles. The fourth-order valence-electron chi connectivity index (χ4n) is 11.3. The first kappa shape index (κ1) is 31.4. The van der Waals surface area contributed by atoms with E-state index in [1.54, 1.807) is 0 Å². The lowest BCUT2D eigenvalue weighted by Crippen LogP contribution is -2.72. The van der Waals surface area contributed by atoms with Crippen molar-refractivity contribution in [3.8, 4) is 0 Å². The molecule has 2 aliphatic carbocycles. The lowest BCUT2D eigenvalue weighted by Gasteiger charge is -2.62. The normalized spacial score (nSPS) is 57.2. The standard InChI is InChI=1S/C35H54O10/c1-8-28(36)37-27(29-21(5)25-12-10-19(3)23-14-16-33(7)41-31(39-29)35(23,25)45-43-33)17-26-20(4)24-11-9-18(2)22-13-15-32(6)40-30(38-26)34(22,24)44-42-32/h18-27,29-31H,8-17H2,1-7H3/t18-,19-,20-,21-,22+,23+,24+,25+,26-,27+,29?,30-,31-,32+,33+,34?,35?/m1/s1. The van der Waals surface area contributed by atoms with Gasteiger partial charge in [-0.05, 0) is 87.9 Å². The molecule has 10 fully saturated rings. The topological polar surface area (TPSA) is 100 Å². The maximum atomic E-state index is 13.0. The molecular formula is C35H54O10. The van der Waals surface area contributed by atoms with Crippen LogP contribution in [0.4, 0.5) is 0 Å². The first-order chi connectivity index (χ1) is 21.4. The largest absolute Gasteiger partial charge is 0.459 e. The average molecular weight is 635 g/mol. The molecule has 0 radical (unpaired) electrons. The molecule has 0 aromatic heterocycles. The Morgan fingerprint density at radius 1 is 0.711 bits per heavy atom. The smallest absolute Gasteiger partial charge is 0.305 e. The number of carbonyl (C=O) groups excluding carboxylic acids is 1. The zero-order valence-electron chi connectivity index (χ0n) is 28.2. The van der Waals surface area contributed by atoms with Crippen LogP contribution in [-0.4, -0.2) is 59.6 Å². The van der Waals surface area contributed by atoms with E-state index in [1.165, 1.54) is 0 Å². The number of rotatable bonds is 5. The third kappa shape index (κ3) is 4.52. The van der Waals surface area contributed by atoms with Gasteiger partial charge in [-0.25, -0.2) is 19.6 Å². The Morgan fingerprint density at radius 3 is 1.80 bits per heavy atom. The second kappa shape index (κ2) is 10.8. The van der Waals surface area contributed by atoms with Crippen LogP contribution in [-0.2, 0) is 48.0 Å². The van der Waals surface area contributed by atoms with Crippen molar-refractivity contribution in [2.24, 2.45) is 47.3 Å². The summed E-state index contributed by atoms with van der Waals surface area (Å²) in [6.07, 6.45) is 6.31. The molecule has 8 saturated heterocycles. The SMILES string of the molecule is CCC(=O)O[C@@H](C[C@H]1O[C@@H]2O[C@]3(C)CC[C@H]4[C@H](C)CC[C@@H]([C@H]1C)C24OO3)C1O[C@@H]2O[C@]3(C)CC[C@H]4[C@H](C)CC[C@@H]([C@H]1C)C24OO3. The molecule has 2 saturated carbocycles. The minimum atomic E-state index is -0.865. The summed E-state index contributed by atoms with van der Waals surface area (Å²) in [5, 5.41) is 0. The van der Waals surface area contributed by atoms with Gasteiger partial charge in [0.1, 0.15) is 12.2 Å². The molecule has 10 aliphatic rings. The number of esters is 1. The van der Waals surface area contributed by atoms with Gasteiger partial charge in [0.15, 0.2) is 23.8 Å². The van der Waals surface area contributed by atoms with Crippen molar-refractivity contribution >= 4 is 5.97 Å². The Morgan fingerprint density at radius 2 is 1.24 bits per heavy atom. The van der Waals surface area contributed by atoms with E-state index in [9.17, 15) is 4.79 Å². The summed E-state index contributed by atoms with van der Waals surface area (Å²) in [6, 6.07) is 0. The third-order valence-corrected chi connectivity index (χ3v) is 13.9. The lowest BCUT2D eigenvalue weighted by molar-refractivity contribution is -0.573. The zero-order chi connectivity index (χ0) is 31.5. The van der Waals surface area contributed by atoms with E-state index in [1.807, 2.05) is 20.8 Å². The second-order valence-corrected chi connectivity index (χ2v) is 16.4. The number of hydrogen-bond acceptors (Lipinski definition) is 10. The first-order valence-electron chi connectivity index (χ1n) is 18.0. The predicted octanol–water partition coefficient (Wildman–Crippen LogP) is 6.20. The van der Waals surface area contributed by atoms with Crippen molar-refractivity contribution in [3.63, 3.8) is 0 Å². The Balaban J connectivity index is 1.11. The van der Waals surface area contributed by atoms with Gasteiger partial charge in [0.2, 0.25) is 11.6 Å². The van der Waals surface area contributed by atoms with Crippen molar-refractivity contribution in [2.45, 2.75) is 166 Å². The van der Waals surface area contributed by atoms with Gasteiger partial charge in [0.25, 0.3) is 0 Å². The Bertz CT molecular complexity index is 1170. The quantitative estimate of drug-likeness (QED) is 0.257. The molecule has 0 amide bonds. The monoisotopic (exact) mass is 634 g/mol. The minimum absolute atomic E-state index is 0.0477. The molecule has 0 N–H and O–H groups in total. The fourth-order valence-corrected chi connectivity index (χ4v) is 11.3. The number of fused-ring (bicyclic) bond motifs is 4. The van der Waals surface area contributed by atoms with Crippen LogP contribution in [0.2, 0.25) is 0 Å². The van der Waals surface area contributed by atoms with E-state index in [0.29, 0.717) is 30.6 Å². The van der Waals surface area contributed by atoms with E-state index < -0.39 is 41.5 Å². The van der Waals surface area contributed by atoms with Gasteiger partial charge in [0, 0.05) is 37.5 Å². The van der Waals surface area contributed by atoms with Crippen LogP contribution in [0.5, 0.6) is 0 Å². The van der Waals surface area contributed by atoms with E-state index in [4.69, 9.17) is 43.2 Å². The summed E-state index contributed by atoms with van der Waals surface area (Å²) in [4.78, 5) is 37.9. The first-order valence-corrected chi connectivity index (χ1v) is 18.0. The molecule has 0 aromatic rings. The zero-order valence-corrected chi connectivity index (χ0v) is 28.2. The van der Waals surface area contributed by atoms with Crippen LogP contribution < -0.4 is 0 Å². The molecule has 10 nitrogen and oxygen atoms in total. The van der Waals surface area contributed by atoms with E-state index >= 15 is 0 Å².